The minimum Gasteiger partial charge on any atom is -0.316 e. The van der Waals surface area contributed by atoms with Crippen molar-refractivity contribution in [2.24, 2.45) is 5.92 Å². The van der Waals surface area contributed by atoms with Crippen LogP contribution in [0.3, 0.4) is 0 Å². The molecule has 1 aliphatic carbocycles. The van der Waals surface area contributed by atoms with Gasteiger partial charge in [0.15, 0.2) is 0 Å². The minimum absolute atomic E-state index is 0.758. The molecule has 1 atom stereocenters. The van der Waals surface area contributed by atoms with Gasteiger partial charge in [0.1, 0.15) is 0 Å². The van der Waals surface area contributed by atoms with Gasteiger partial charge in [-0.3, -0.25) is 4.90 Å². The number of hydrogen-bond donors (Lipinski definition) is 1. The monoisotopic (exact) mass is 268 g/mol. The summed E-state index contributed by atoms with van der Waals surface area (Å²) < 4.78 is 0. The Bertz CT molecular complexity index is 209. The second-order valence-corrected chi connectivity index (χ2v) is 6.71. The third-order valence-electron chi connectivity index (χ3n) is 4.50. The van der Waals surface area contributed by atoms with Crippen LogP contribution in [0.2, 0.25) is 0 Å². The lowest BCUT2D eigenvalue weighted by Gasteiger charge is -2.38. The molecule has 0 aromatic heterocycles. The average Bonchev–Trinajstić information content (AvgIpc) is 2.40. The van der Waals surface area contributed by atoms with Crippen LogP contribution >= 0.6 is 0 Å². The van der Waals surface area contributed by atoms with E-state index < -0.39 is 0 Å². The van der Waals surface area contributed by atoms with E-state index in [1.165, 1.54) is 58.0 Å². The van der Waals surface area contributed by atoms with Gasteiger partial charge in [0.2, 0.25) is 0 Å². The molecule has 19 heavy (non-hydrogen) atoms. The van der Waals surface area contributed by atoms with Crippen LogP contribution in [0.4, 0.5) is 0 Å². The molecule has 0 amide bonds. The lowest BCUT2D eigenvalue weighted by molar-refractivity contribution is 0.113. The molecule has 0 aromatic carbocycles. The van der Waals surface area contributed by atoms with Crippen LogP contribution in [0.15, 0.2) is 0 Å². The summed E-state index contributed by atoms with van der Waals surface area (Å²) >= 11 is 0. The molecule has 2 nitrogen and oxygen atoms in total. The number of nitrogens with one attached hydrogen (secondary N) is 1. The van der Waals surface area contributed by atoms with Crippen molar-refractivity contribution in [2.75, 3.05) is 19.6 Å². The molecule has 0 spiro atoms. The van der Waals surface area contributed by atoms with Gasteiger partial charge >= 0.3 is 0 Å². The molecule has 1 fully saturated rings. The lowest BCUT2D eigenvalue weighted by atomic mass is 9.92. The molecule has 114 valence electrons. The van der Waals surface area contributed by atoms with Gasteiger partial charge in [-0.15, -0.1) is 0 Å². The maximum atomic E-state index is 3.56. The number of nitrogens with zero attached hydrogens (tertiary/aromatic N) is 1. The van der Waals surface area contributed by atoms with Crippen LogP contribution in [0.5, 0.6) is 0 Å². The molecule has 1 aliphatic rings. The van der Waals surface area contributed by atoms with Crippen LogP contribution in [0.25, 0.3) is 0 Å². The van der Waals surface area contributed by atoms with Gasteiger partial charge in [-0.05, 0) is 58.2 Å². The van der Waals surface area contributed by atoms with E-state index in [-0.39, 0.29) is 0 Å². The molecule has 0 saturated heterocycles. The molecule has 0 heterocycles. The van der Waals surface area contributed by atoms with Gasteiger partial charge in [0, 0.05) is 12.1 Å². The van der Waals surface area contributed by atoms with Gasteiger partial charge < -0.3 is 5.32 Å². The Hall–Kier alpha value is -0.0800. The van der Waals surface area contributed by atoms with E-state index >= 15 is 0 Å². The van der Waals surface area contributed by atoms with Gasteiger partial charge in [0.05, 0.1) is 0 Å². The highest BCUT2D eigenvalue weighted by molar-refractivity contribution is 4.79. The highest BCUT2D eigenvalue weighted by atomic mass is 15.2. The Kier molecular flexibility index (Phi) is 8.72. The first-order chi connectivity index (χ1) is 9.15. The van der Waals surface area contributed by atoms with Crippen LogP contribution in [0, 0.1) is 5.92 Å². The third kappa shape index (κ3) is 6.76. The fourth-order valence-corrected chi connectivity index (χ4v) is 3.42. The molecule has 1 saturated carbocycles. The molecule has 1 unspecified atom stereocenters. The molecule has 0 aliphatic heterocycles. The first kappa shape index (κ1) is 17.0. The first-order valence-electron chi connectivity index (χ1n) is 8.61. The van der Waals surface area contributed by atoms with Crippen LogP contribution in [0.1, 0.15) is 72.6 Å². The average molecular weight is 268 g/mol. The predicted molar refractivity (Wildman–Crippen MR) is 85.7 cm³/mol. The molecule has 0 radical (unpaired) electrons. The van der Waals surface area contributed by atoms with Crippen molar-refractivity contribution in [2.45, 2.75) is 84.7 Å². The molecular weight excluding hydrogens is 232 g/mol. The maximum Gasteiger partial charge on any atom is 0.00979 e. The molecular formula is C17H36N2. The van der Waals surface area contributed by atoms with E-state index in [0.29, 0.717) is 0 Å². The van der Waals surface area contributed by atoms with Gasteiger partial charge in [-0.25, -0.2) is 0 Å². The highest BCUT2D eigenvalue weighted by Crippen LogP contribution is 2.25. The van der Waals surface area contributed by atoms with Crippen molar-refractivity contribution >= 4 is 0 Å². The smallest absolute Gasteiger partial charge is 0.00979 e. The van der Waals surface area contributed by atoms with Crippen LogP contribution < -0.4 is 5.32 Å². The Balaban J connectivity index is 2.19. The van der Waals surface area contributed by atoms with Gasteiger partial charge in [-0.2, -0.15) is 0 Å². The standard InChI is InChI=1S/C17H36N2/c1-5-19(17-11-7-6-8-12-17)16(4)10-9-13-18-14-15(2)3/h15-18H,5-14H2,1-4H3. The highest BCUT2D eigenvalue weighted by Gasteiger charge is 2.23. The quantitative estimate of drug-likeness (QED) is 0.635. The largest absolute Gasteiger partial charge is 0.316 e. The van der Waals surface area contributed by atoms with Gasteiger partial charge in [0.25, 0.3) is 0 Å². The van der Waals surface area contributed by atoms with E-state index in [4.69, 9.17) is 0 Å². The summed E-state index contributed by atoms with van der Waals surface area (Å²) in [5.41, 5.74) is 0. The zero-order valence-electron chi connectivity index (χ0n) is 13.8. The number of hydrogen-bond acceptors (Lipinski definition) is 2. The Morgan fingerprint density at radius 1 is 1.11 bits per heavy atom. The van der Waals surface area contributed by atoms with Crippen LogP contribution in [-0.2, 0) is 0 Å². The van der Waals surface area contributed by atoms with E-state index in [9.17, 15) is 0 Å². The summed E-state index contributed by atoms with van der Waals surface area (Å²) in [5.74, 6) is 0.770. The first-order valence-corrected chi connectivity index (χ1v) is 8.61. The summed E-state index contributed by atoms with van der Waals surface area (Å²) in [6.45, 7) is 12.9. The van der Waals surface area contributed by atoms with Crippen molar-refractivity contribution in [1.82, 2.24) is 10.2 Å². The normalized spacial score (nSPS) is 19.3. The van der Waals surface area contributed by atoms with Crippen molar-refractivity contribution in [3.05, 3.63) is 0 Å². The molecule has 1 N–H and O–H groups in total. The summed E-state index contributed by atoms with van der Waals surface area (Å²) in [5, 5.41) is 3.56. The lowest BCUT2D eigenvalue weighted by Crippen LogP contribution is -2.43. The molecule has 2 heteroatoms. The second-order valence-electron chi connectivity index (χ2n) is 6.71. The summed E-state index contributed by atoms with van der Waals surface area (Å²) in [6, 6.07) is 1.63. The van der Waals surface area contributed by atoms with E-state index in [1.807, 2.05) is 0 Å². The van der Waals surface area contributed by atoms with E-state index in [1.54, 1.807) is 0 Å². The zero-order valence-corrected chi connectivity index (χ0v) is 13.8. The summed E-state index contributed by atoms with van der Waals surface area (Å²) in [7, 11) is 0. The van der Waals surface area contributed by atoms with Crippen molar-refractivity contribution in [3.8, 4) is 0 Å². The van der Waals surface area contributed by atoms with Gasteiger partial charge in [-0.1, -0.05) is 40.0 Å². The Labute approximate surface area is 121 Å². The van der Waals surface area contributed by atoms with Crippen LogP contribution in [-0.4, -0.2) is 36.6 Å². The van der Waals surface area contributed by atoms with E-state index in [0.717, 1.165) is 24.5 Å². The van der Waals surface area contributed by atoms with Crippen molar-refractivity contribution in [1.29, 1.82) is 0 Å². The predicted octanol–water partition coefficient (Wildman–Crippen LogP) is 4.06. The van der Waals surface area contributed by atoms with Crippen molar-refractivity contribution in [3.63, 3.8) is 0 Å². The molecule has 1 rings (SSSR count). The number of rotatable bonds is 9. The zero-order chi connectivity index (χ0) is 14.1. The summed E-state index contributed by atoms with van der Waals surface area (Å²) in [6.07, 6.45) is 9.88. The second kappa shape index (κ2) is 9.77. The summed E-state index contributed by atoms with van der Waals surface area (Å²) in [4.78, 5) is 2.77. The molecule has 0 aromatic rings. The third-order valence-corrected chi connectivity index (χ3v) is 4.50. The topological polar surface area (TPSA) is 15.3 Å². The van der Waals surface area contributed by atoms with E-state index in [2.05, 4.69) is 37.9 Å². The Morgan fingerprint density at radius 2 is 1.79 bits per heavy atom. The maximum absolute atomic E-state index is 3.56. The fourth-order valence-electron chi connectivity index (χ4n) is 3.42. The minimum atomic E-state index is 0.758. The fraction of sp³-hybridized carbons (Fsp3) is 1.00. The van der Waals surface area contributed by atoms with Crippen molar-refractivity contribution < 1.29 is 0 Å². The molecule has 0 bridgehead atoms. The Morgan fingerprint density at radius 3 is 2.37 bits per heavy atom. The SMILES string of the molecule is CCN(C(C)CCCNCC(C)C)C1CCCCC1.